The fraction of sp³-hybridized carbons (Fsp3) is 0.0385. The molecule has 0 N–H and O–H groups in total. The molecule has 0 unspecified atom stereocenters. The SMILES string of the molecule is Cn1cnc2cc(-n3c4ccccc4c4cc5sc6ccccc6c5cc43)ccc21. The largest absolute Gasteiger partial charge is 0.334 e. The van der Waals surface area contributed by atoms with Gasteiger partial charge in [0, 0.05) is 43.7 Å². The molecule has 30 heavy (non-hydrogen) atoms. The predicted molar refractivity (Wildman–Crippen MR) is 128 cm³/mol. The van der Waals surface area contributed by atoms with E-state index in [1.165, 1.54) is 42.0 Å². The summed E-state index contributed by atoms with van der Waals surface area (Å²) in [6.45, 7) is 0. The van der Waals surface area contributed by atoms with Gasteiger partial charge in [0.25, 0.3) is 0 Å². The number of nitrogens with zero attached hydrogens (tertiary/aromatic N) is 3. The molecule has 142 valence electrons. The van der Waals surface area contributed by atoms with Crippen LogP contribution in [-0.4, -0.2) is 14.1 Å². The Kier molecular flexibility index (Phi) is 3.08. The molecule has 0 amide bonds. The summed E-state index contributed by atoms with van der Waals surface area (Å²) >= 11 is 1.87. The highest BCUT2D eigenvalue weighted by Crippen LogP contribution is 2.40. The number of para-hydroxylation sites is 1. The summed E-state index contributed by atoms with van der Waals surface area (Å²) in [6.07, 6.45) is 1.88. The number of imidazole rings is 1. The van der Waals surface area contributed by atoms with Gasteiger partial charge in [-0.25, -0.2) is 4.98 Å². The molecule has 0 saturated carbocycles. The molecule has 3 aromatic heterocycles. The van der Waals surface area contributed by atoms with E-state index in [0.717, 1.165) is 16.7 Å². The van der Waals surface area contributed by atoms with E-state index in [2.05, 4.69) is 93.0 Å². The maximum absolute atomic E-state index is 4.58. The van der Waals surface area contributed by atoms with Gasteiger partial charge in [0.05, 0.1) is 28.4 Å². The van der Waals surface area contributed by atoms with E-state index in [0.29, 0.717) is 0 Å². The Labute approximate surface area is 176 Å². The Bertz CT molecular complexity index is 1760. The van der Waals surface area contributed by atoms with Crippen LogP contribution in [0.25, 0.3) is 58.7 Å². The number of thiophene rings is 1. The average Bonchev–Trinajstić information content (AvgIpc) is 3.43. The third-order valence-electron chi connectivity index (χ3n) is 6.14. The topological polar surface area (TPSA) is 22.8 Å². The van der Waals surface area contributed by atoms with Crippen molar-refractivity contribution in [1.82, 2.24) is 14.1 Å². The first kappa shape index (κ1) is 16.2. The van der Waals surface area contributed by atoms with Crippen molar-refractivity contribution in [2.75, 3.05) is 0 Å². The lowest BCUT2D eigenvalue weighted by molar-refractivity contribution is 0.947. The van der Waals surface area contributed by atoms with Crippen LogP contribution in [0.5, 0.6) is 0 Å². The molecule has 0 saturated heterocycles. The average molecular weight is 404 g/mol. The van der Waals surface area contributed by atoms with Gasteiger partial charge in [-0.2, -0.15) is 0 Å². The fourth-order valence-corrected chi connectivity index (χ4v) is 5.86. The number of aryl methyl sites for hydroxylation is 1. The summed E-state index contributed by atoms with van der Waals surface area (Å²) in [5.41, 5.74) is 5.77. The van der Waals surface area contributed by atoms with Gasteiger partial charge in [0.2, 0.25) is 0 Å². The highest BCUT2D eigenvalue weighted by molar-refractivity contribution is 7.25. The Balaban J connectivity index is 1.66. The van der Waals surface area contributed by atoms with Gasteiger partial charge < -0.3 is 9.13 Å². The fourth-order valence-electron chi connectivity index (χ4n) is 4.73. The number of benzene rings is 4. The van der Waals surface area contributed by atoms with Gasteiger partial charge in [-0.1, -0.05) is 36.4 Å². The van der Waals surface area contributed by atoms with Crippen LogP contribution in [0, 0.1) is 0 Å². The third-order valence-corrected chi connectivity index (χ3v) is 7.27. The van der Waals surface area contributed by atoms with Crippen LogP contribution in [0.2, 0.25) is 0 Å². The molecule has 0 spiro atoms. The molecule has 7 rings (SSSR count). The second kappa shape index (κ2) is 5.71. The maximum atomic E-state index is 4.58. The summed E-state index contributed by atoms with van der Waals surface area (Å²) in [5.74, 6) is 0. The first-order valence-corrected chi connectivity index (χ1v) is 10.9. The van der Waals surface area contributed by atoms with Crippen molar-refractivity contribution in [3.05, 3.63) is 85.2 Å². The Morgan fingerprint density at radius 3 is 2.43 bits per heavy atom. The first-order valence-electron chi connectivity index (χ1n) is 10.0. The molecule has 0 fully saturated rings. The van der Waals surface area contributed by atoms with Crippen LogP contribution in [0.15, 0.2) is 85.2 Å². The van der Waals surface area contributed by atoms with Gasteiger partial charge in [0.1, 0.15) is 0 Å². The molecule has 4 heteroatoms. The van der Waals surface area contributed by atoms with E-state index in [9.17, 15) is 0 Å². The number of aromatic nitrogens is 3. The van der Waals surface area contributed by atoms with Gasteiger partial charge in [-0.3, -0.25) is 0 Å². The molecule has 0 atom stereocenters. The molecular formula is C26H17N3S. The minimum atomic E-state index is 1.02. The highest BCUT2D eigenvalue weighted by atomic mass is 32.1. The summed E-state index contributed by atoms with van der Waals surface area (Å²) in [6, 6.07) is 28.7. The summed E-state index contributed by atoms with van der Waals surface area (Å²) in [4.78, 5) is 4.58. The molecule has 0 aliphatic heterocycles. The second-order valence-electron chi connectivity index (χ2n) is 7.84. The molecule has 0 aliphatic rings. The van der Waals surface area contributed by atoms with Crippen molar-refractivity contribution in [3.8, 4) is 5.69 Å². The van der Waals surface area contributed by atoms with Crippen molar-refractivity contribution in [1.29, 1.82) is 0 Å². The Morgan fingerprint density at radius 1 is 0.667 bits per heavy atom. The lowest BCUT2D eigenvalue weighted by Gasteiger charge is -2.08. The maximum Gasteiger partial charge on any atom is 0.0955 e. The quantitative estimate of drug-likeness (QED) is 0.288. The van der Waals surface area contributed by atoms with E-state index in [1.807, 2.05) is 24.7 Å². The van der Waals surface area contributed by atoms with Crippen LogP contribution in [0.3, 0.4) is 0 Å². The van der Waals surface area contributed by atoms with Gasteiger partial charge in [-0.05, 0) is 42.5 Å². The lowest BCUT2D eigenvalue weighted by Crippen LogP contribution is -1.94. The zero-order chi connectivity index (χ0) is 19.8. The molecule has 3 nitrogen and oxygen atoms in total. The van der Waals surface area contributed by atoms with Crippen LogP contribution < -0.4 is 0 Å². The highest BCUT2D eigenvalue weighted by Gasteiger charge is 2.15. The van der Waals surface area contributed by atoms with Crippen LogP contribution in [0.1, 0.15) is 0 Å². The monoisotopic (exact) mass is 403 g/mol. The number of rotatable bonds is 1. The van der Waals surface area contributed by atoms with E-state index in [1.54, 1.807) is 0 Å². The van der Waals surface area contributed by atoms with Crippen molar-refractivity contribution in [2.24, 2.45) is 7.05 Å². The normalized spacial score (nSPS) is 12.2. The van der Waals surface area contributed by atoms with E-state index in [4.69, 9.17) is 0 Å². The number of fused-ring (bicyclic) bond motifs is 7. The zero-order valence-electron chi connectivity index (χ0n) is 16.3. The Morgan fingerprint density at radius 2 is 1.50 bits per heavy atom. The summed E-state index contributed by atoms with van der Waals surface area (Å²) in [7, 11) is 2.04. The van der Waals surface area contributed by atoms with Crippen molar-refractivity contribution in [3.63, 3.8) is 0 Å². The van der Waals surface area contributed by atoms with Gasteiger partial charge >= 0.3 is 0 Å². The zero-order valence-corrected chi connectivity index (χ0v) is 17.1. The van der Waals surface area contributed by atoms with Crippen LogP contribution in [-0.2, 0) is 7.05 Å². The lowest BCUT2D eigenvalue weighted by atomic mass is 10.1. The predicted octanol–water partition coefficient (Wildman–Crippen LogP) is 7.04. The molecule has 0 radical (unpaired) electrons. The van der Waals surface area contributed by atoms with Gasteiger partial charge in [0.15, 0.2) is 0 Å². The standard InChI is InChI=1S/C26H17N3S/c1-28-15-27-21-12-16(10-11-23(21)28)29-22-8-4-2-6-17(22)19-14-26-20(13-24(19)29)18-7-3-5-9-25(18)30-26/h2-15H,1H3. The van der Waals surface area contributed by atoms with E-state index in [-0.39, 0.29) is 0 Å². The van der Waals surface area contributed by atoms with Crippen molar-refractivity contribution < 1.29 is 0 Å². The second-order valence-corrected chi connectivity index (χ2v) is 8.93. The number of hydrogen-bond donors (Lipinski definition) is 0. The minimum absolute atomic E-state index is 1.02. The third kappa shape index (κ3) is 2.06. The minimum Gasteiger partial charge on any atom is -0.334 e. The molecule has 0 aliphatic carbocycles. The van der Waals surface area contributed by atoms with Crippen molar-refractivity contribution >= 4 is 64.3 Å². The first-order chi connectivity index (χ1) is 14.8. The van der Waals surface area contributed by atoms with Crippen LogP contribution in [0.4, 0.5) is 0 Å². The molecule has 0 bridgehead atoms. The molecular weight excluding hydrogens is 386 g/mol. The van der Waals surface area contributed by atoms with Crippen LogP contribution >= 0.6 is 11.3 Å². The van der Waals surface area contributed by atoms with E-state index < -0.39 is 0 Å². The van der Waals surface area contributed by atoms with E-state index >= 15 is 0 Å². The number of hydrogen-bond acceptors (Lipinski definition) is 2. The summed E-state index contributed by atoms with van der Waals surface area (Å²) < 4.78 is 7.12. The Hall–Kier alpha value is -3.63. The molecule has 4 aromatic carbocycles. The van der Waals surface area contributed by atoms with Gasteiger partial charge in [-0.15, -0.1) is 11.3 Å². The molecule has 3 heterocycles. The smallest absolute Gasteiger partial charge is 0.0955 e. The van der Waals surface area contributed by atoms with Crippen molar-refractivity contribution in [2.45, 2.75) is 0 Å². The molecule has 7 aromatic rings. The summed E-state index contributed by atoms with van der Waals surface area (Å²) in [5, 5.41) is 5.24.